The third-order valence-corrected chi connectivity index (χ3v) is 7.07. The molecule has 204 valence electrons. The van der Waals surface area contributed by atoms with Crippen LogP contribution >= 0.6 is 23.4 Å². The van der Waals surface area contributed by atoms with Gasteiger partial charge in [-0.3, -0.25) is 19.2 Å². The van der Waals surface area contributed by atoms with Gasteiger partial charge in [0.15, 0.2) is 23.7 Å². The van der Waals surface area contributed by atoms with Crippen molar-refractivity contribution >= 4 is 47.2 Å². The second-order valence-corrected chi connectivity index (χ2v) is 10.4. The lowest BCUT2D eigenvalue weighted by Gasteiger charge is -2.43. The van der Waals surface area contributed by atoms with Crippen LogP contribution in [-0.2, 0) is 44.5 Å². The molecule has 0 N–H and O–H groups in total. The van der Waals surface area contributed by atoms with Crippen LogP contribution in [0.1, 0.15) is 38.8 Å². The molecule has 1 heterocycles. The summed E-state index contributed by atoms with van der Waals surface area (Å²) >= 11 is 7.42. The number of hydrogen-bond donors (Lipinski definition) is 0. The van der Waals surface area contributed by atoms with Crippen molar-refractivity contribution in [3.8, 4) is 5.75 Å². The molecule has 0 aromatic heterocycles. The Labute approximate surface area is 230 Å². The van der Waals surface area contributed by atoms with Crippen molar-refractivity contribution in [2.24, 2.45) is 0 Å². The summed E-state index contributed by atoms with van der Waals surface area (Å²) in [6.07, 6.45) is -2.96. The van der Waals surface area contributed by atoms with Gasteiger partial charge < -0.3 is 23.7 Å². The summed E-state index contributed by atoms with van der Waals surface area (Å²) in [6, 6.07) is 14.8. The normalized spacial score (nSPS) is 22.6. The second-order valence-electron chi connectivity index (χ2n) is 8.60. The lowest BCUT2D eigenvalue weighted by molar-refractivity contribution is -0.190. The molecule has 0 spiro atoms. The maximum atomic E-state index is 12.1. The van der Waals surface area contributed by atoms with Crippen LogP contribution < -0.4 is 4.74 Å². The quantitative estimate of drug-likeness (QED) is 0.325. The van der Waals surface area contributed by atoms with Gasteiger partial charge in [0, 0.05) is 44.7 Å². The van der Waals surface area contributed by atoms with E-state index in [4.69, 9.17) is 35.3 Å². The SMILES string of the molecule is CC(=O)OC[C@H]1S[C@@H](Oc2ccc(Cl)cc2Cc2ccccc2)[C@H](OC(C)=O)[C@@H](OC(C)=O)[C@@H]1OC(C)=O. The monoisotopic (exact) mass is 564 g/mol. The zero-order valence-electron chi connectivity index (χ0n) is 21.4. The third kappa shape index (κ3) is 8.39. The maximum absolute atomic E-state index is 12.1. The molecule has 0 bridgehead atoms. The average molecular weight is 565 g/mol. The number of carbonyl (C=O) groups is 4. The molecule has 3 rings (SSSR count). The van der Waals surface area contributed by atoms with Crippen molar-refractivity contribution in [1.29, 1.82) is 0 Å². The number of hydrogen-bond acceptors (Lipinski definition) is 10. The highest BCUT2D eigenvalue weighted by Crippen LogP contribution is 2.40. The molecule has 1 aliphatic heterocycles. The summed E-state index contributed by atoms with van der Waals surface area (Å²) in [7, 11) is 0. The van der Waals surface area contributed by atoms with E-state index in [-0.39, 0.29) is 6.61 Å². The Kier molecular flexibility index (Phi) is 10.4. The van der Waals surface area contributed by atoms with Gasteiger partial charge in [0.05, 0.1) is 5.25 Å². The smallest absolute Gasteiger partial charge is 0.303 e. The predicted octanol–water partition coefficient (Wildman–Crippen LogP) is 4.11. The summed E-state index contributed by atoms with van der Waals surface area (Å²) in [5, 5.41) is -0.189. The molecule has 1 fully saturated rings. The lowest BCUT2D eigenvalue weighted by atomic mass is 10.0. The molecule has 1 aliphatic rings. The fraction of sp³-hybridized carbons (Fsp3) is 0.407. The van der Waals surface area contributed by atoms with Gasteiger partial charge >= 0.3 is 23.9 Å². The van der Waals surface area contributed by atoms with Crippen molar-refractivity contribution in [3.05, 3.63) is 64.7 Å². The number of thioether (sulfide) groups is 1. The number of ether oxygens (including phenoxy) is 5. The Morgan fingerprint density at radius 2 is 1.39 bits per heavy atom. The first-order valence-corrected chi connectivity index (χ1v) is 13.1. The summed E-state index contributed by atoms with van der Waals surface area (Å²) in [4.78, 5) is 47.7. The molecule has 2 aromatic carbocycles. The molecular weight excluding hydrogens is 536 g/mol. The van der Waals surface area contributed by atoms with Gasteiger partial charge in [-0.1, -0.05) is 41.9 Å². The minimum absolute atomic E-state index is 0.167. The summed E-state index contributed by atoms with van der Waals surface area (Å²) < 4.78 is 28.2. The fourth-order valence-corrected chi connectivity index (χ4v) is 5.60. The minimum Gasteiger partial charge on any atom is -0.475 e. The number of halogens is 1. The number of esters is 4. The largest absolute Gasteiger partial charge is 0.475 e. The van der Waals surface area contributed by atoms with E-state index in [9.17, 15) is 19.2 Å². The molecule has 0 unspecified atom stereocenters. The Balaban J connectivity index is 2.02. The average Bonchev–Trinajstić information content (AvgIpc) is 2.83. The Morgan fingerprint density at radius 3 is 2.00 bits per heavy atom. The second kappa shape index (κ2) is 13.5. The fourth-order valence-electron chi connectivity index (χ4n) is 4.03. The van der Waals surface area contributed by atoms with Gasteiger partial charge in [-0.25, -0.2) is 0 Å². The Morgan fingerprint density at radius 1 is 0.789 bits per heavy atom. The molecule has 9 nitrogen and oxygen atoms in total. The van der Waals surface area contributed by atoms with Crippen molar-refractivity contribution < 1.29 is 42.9 Å². The van der Waals surface area contributed by atoms with E-state index >= 15 is 0 Å². The molecule has 5 atom stereocenters. The number of carbonyl (C=O) groups excluding carboxylic acids is 4. The number of rotatable bonds is 9. The van der Waals surface area contributed by atoms with Crippen molar-refractivity contribution in [2.75, 3.05) is 6.61 Å². The first kappa shape index (κ1) is 29.3. The highest BCUT2D eigenvalue weighted by molar-refractivity contribution is 8.00. The van der Waals surface area contributed by atoms with Crippen molar-refractivity contribution in [2.45, 2.75) is 63.1 Å². The van der Waals surface area contributed by atoms with E-state index in [1.807, 2.05) is 30.3 Å². The predicted molar refractivity (Wildman–Crippen MR) is 140 cm³/mol. The van der Waals surface area contributed by atoms with E-state index < -0.39 is 52.9 Å². The van der Waals surface area contributed by atoms with Crippen LogP contribution in [0.2, 0.25) is 5.02 Å². The van der Waals surface area contributed by atoms with Crippen molar-refractivity contribution in [3.63, 3.8) is 0 Å². The molecule has 2 aromatic rings. The van der Waals surface area contributed by atoms with Gasteiger partial charge in [-0.15, -0.1) is 11.8 Å². The molecule has 0 saturated carbocycles. The van der Waals surface area contributed by atoms with Crippen LogP contribution in [0.4, 0.5) is 0 Å². The topological polar surface area (TPSA) is 114 Å². The molecule has 11 heteroatoms. The van der Waals surface area contributed by atoms with E-state index in [0.717, 1.165) is 22.9 Å². The maximum Gasteiger partial charge on any atom is 0.303 e. The highest BCUT2D eigenvalue weighted by Gasteiger charge is 2.53. The standard InChI is InChI=1S/C27H29ClO9S/c1-15(29)33-14-23-24(34-16(2)30)25(35-17(3)31)26(36-18(4)32)27(38-23)37-22-11-10-21(28)13-20(22)12-19-8-6-5-7-9-19/h5-11,13,23-27H,12,14H2,1-4H3/t23-,24-,25+,26-,27-/m1/s1. The number of benzene rings is 2. The summed E-state index contributed by atoms with van der Waals surface area (Å²) in [5.41, 5.74) is 0.868. The van der Waals surface area contributed by atoms with E-state index in [0.29, 0.717) is 17.2 Å². The van der Waals surface area contributed by atoms with Crippen LogP contribution in [0.3, 0.4) is 0 Å². The molecule has 1 saturated heterocycles. The van der Waals surface area contributed by atoms with Crippen LogP contribution in [0.25, 0.3) is 0 Å². The highest BCUT2D eigenvalue weighted by atomic mass is 35.5. The zero-order valence-corrected chi connectivity index (χ0v) is 23.0. The third-order valence-electron chi connectivity index (χ3n) is 5.45. The molecular formula is C27H29ClO9S. The van der Waals surface area contributed by atoms with Gasteiger partial charge in [-0.2, -0.15) is 0 Å². The molecule has 0 aliphatic carbocycles. The molecule has 38 heavy (non-hydrogen) atoms. The summed E-state index contributed by atoms with van der Waals surface area (Å²) in [6.45, 7) is 4.68. The molecule has 0 amide bonds. The minimum atomic E-state index is -1.23. The van der Waals surface area contributed by atoms with Crippen LogP contribution in [0.5, 0.6) is 5.75 Å². The van der Waals surface area contributed by atoms with E-state index in [1.54, 1.807) is 18.2 Å². The van der Waals surface area contributed by atoms with Crippen LogP contribution in [0, 0.1) is 0 Å². The van der Waals surface area contributed by atoms with Gasteiger partial charge in [0.2, 0.25) is 0 Å². The zero-order chi connectivity index (χ0) is 27.8. The summed E-state index contributed by atoms with van der Waals surface area (Å²) in [5.74, 6) is -2.06. The Bertz CT molecular complexity index is 1160. The van der Waals surface area contributed by atoms with Gasteiger partial charge in [-0.05, 0) is 23.8 Å². The van der Waals surface area contributed by atoms with E-state index in [1.165, 1.54) is 27.7 Å². The first-order valence-electron chi connectivity index (χ1n) is 11.8. The van der Waals surface area contributed by atoms with E-state index in [2.05, 4.69) is 0 Å². The van der Waals surface area contributed by atoms with Crippen molar-refractivity contribution in [1.82, 2.24) is 0 Å². The van der Waals surface area contributed by atoms with Gasteiger partial charge in [0.25, 0.3) is 0 Å². The lowest BCUT2D eigenvalue weighted by Crippen LogP contribution is -2.59. The van der Waals surface area contributed by atoms with Crippen LogP contribution in [-0.4, -0.2) is 59.5 Å². The first-order chi connectivity index (χ1) is 18.0. The van der Waals surface area contributed by atoms with Crippen LogP contribution in [0.15, 0.2) is 48.5 Å². The Hall–Kier alpha value is -3.24. The molecule has 0 radical (unpaired) electrons. The van der Waals surface area contributed by atoms with Gasteiger partial charge in [0.1, 0.15) is 12.4 Å².